The molecule has 2 unspecified atom stereocenters. The molecule has 5 nitrogen and oxygen atoms in total. The van der Waals surface area contributed by atoms with E-state index in [4.69, 9.17) is 0 Å². The van der Waals surface area contributed by atoms with E-state index in [2.05, 4.69) is 34.7 Å². The largest absolute Gasteiger partial charge is 0.348 e. The van der Waals surface area contributed by atoms with E-state index >= 15 is 0 Å². The monoisotopic (exact) mass is 340 g/mol. The van der Waals surface area contributed by atoms with Gasteiger partial charge in [0.05, 0.1) is 0 Å². The Hall–Kier alpha value is -1.07. The Kier molecular flexibility index (Phi) is 6.48. The van der Waals surface area contributed by atoms with Gasteiger partial charge >= 0.3 is 0 Å². The van der Waals surface area contributed by atoms with Crippen LogP contribution in [0, 0.1) is 11.8 Å². The van der Waals surface area contributed by atoms with Crippen LogP contribution >= 0.6 is 12.4 Å². The summed E-state index contributed by atoms with van der Waals surface area (Å²) in [5, 5.41) is 13.8. The van der Waals surface area contributed by atoms with Crippen molar-refractivity contribution in [3.05, 3.63) is 17.0 Å². The lowest BCUT2D eigenvalue weighted by molar-refractivity contribution is 0.0905. The normalized spacial score (nSPS) is 21.0. The van der Waals surface area contributed by atoms with E-state index in [0.717, 1.165) is 36.7 Å². The second-order valence-electron chi connectivity index (χ2n) is 6.98. The average Bonchev–Trinajstić information content (AvgIpc) is 2.99. The van der Waals surface area contributed by atoms with E-state index in [1.54, 1.807) is 0 Å². The highest BCUT2D eigenvalue weighted by Gasteiger charge is 2.27. The van der Waals surface area contributed by atoms with Crippen LogP contribution in [0.5, 0.6) is 0 Å². The molecule has 1 amide bonds. The molecule has 3 rings (SSSR count). The van der Waals surface area contributed by atoms with E-state index in [0.29, 0.717) is 11.6 Å². The van der Waals surface area contributed by atoms with Gasteiger partial charge in [-0.15, -0.1) is 12.4 Å². The standard InChI is InChI=1S/C17H28N4O.ClH/c1-11(13-6-4-3-5-7-13)12(2)19-17(22)16-14-10-18-9-8-15(14)20-21-16;/h11-13,18H,3-10H2,1-2H3,(H,19,22)(H,20,21);1H. The molecule has 1 fully saturated rings. The number of hydrogen-bond donors (Lipinski definition) is 3. The summed E-state index contributed by atoms with van der Waals surface area (Å²) in [5.41, 5.74) is 2.73. The summed E-state index contributed by atoms with van der Waals surface area (Å²) in [4.78, 5) is 12.6. The van der Waals surface area contributed by atoms with Crippen LogP contribution in [0.15, 0.2) is 0 Å². The Morgan fingerprint density at radius 3 is 2.74 bits per heavy atom. The highest BCUT2D eigenvalue weighted by molar-refractivity contribution is 5.94. The summed E-state index contributed by atoms with van der Waals surface area (Å²) in [6.07, 6.45) is 7.59. The molecule has 1 aromatic rings. The van der Waals surface area contributed by atoms with Gasteiger partial charge < -0.3 is 10.6 Å². The first-order valence-electron chi connectivity index (χ1n) is 8.74. The third-order valence-electron chi connectivity index (χ3n) is 5.56. The first kappa shape index (κ1) is 18.3. The van der Waals surface area contributed by atoms with E-state index < -0.39 is 0 Å². The Bertz CT molecular complexity index is 525. The maximum absolute atomic E-state index is 12.6. The minimum atomic E-state index is -0.0311. The SMILES string of the molecule is CC(NC(=O)c1n[nH]c2c1CNCC2)C(C)C1CCCCC1.Cl. The molecule has 0 radical (unpaired) electrons. The van der Waals surface area contributed by atoms with Gasteiger partial charge in [-0.1, -0.05) is 39.0 Å². The van der Waals surface area contributed by atoms with Crippen molar-refractivity contribution < 1.29 is 4.79 Å². The van der Waals surface area contributed by atoms with Crippen LogP contribution < -0.4 is 10.6 Å². The topological polar surface area (TPSA) is 69.8 Å². The zero-order valence-electron chi connectivity index (χ0n) is 14.2. The molecule has 23 heavy (non-hydrogen) atoms. The van der Waals surface area contributed by atoms with Crippen molar-refractivity contribution in [3.8, 4) is 0 Å². The van der Waals surface area contributed by atoms with Gasteiger partial charge in [0.25, 0.3) is 5.91 Å². The number of nitrogens with one attached hydrogen (secondary N) is 3. The molecule has 3 N–H and O–H groups in total. The summed E-state index contributed by atoms with van der Waals surface area (Å²) in [7, 11) is 0. The highest BCUT2D eigenvalue weighted by atomic mass is 35.5. The second kappa shape index (κ2) is 8.15. The van der Waals surface area contributed by atoms with Crippen LogP contribution in [0.1, 0.15) is 67.7 Å². The number of hydrogen-bond acceptors (Lipinski definition) is 3. The van der Waals surface area contributed by atoms with Crippen molar-refractivity contribution in [1.29, 1.82) is 0 Å². The van der Waals surface area contributed by atoms with Crippen LogP contribution in [0.4, 0.5) is 0 Å². The maximum atomic E-state index is 12.6. The Labute approximate surface area is 144 Å². The number of nitrogens with zero attached hydrogens (tertiary/aromatic N) is 1. The second-order valence-corrected chi connectivity index (χ2v) is 6.98. The first-order valence-corrected chi connectivity index (χ1v) is 8.74. The van der Waals surface area contributed by atoms with Gasteiger partial charge in [-0.3, -0.25) is 9.89 Å². The van der Waals surface area contributed by atoms with Crippen molar-refractivity contribution in [2.75, 3.05) is 6.54 Å². The van der Waals surface area contributed by atoms with Gasteiger partial charge in [0.1, 0.15) is 0 Å². The van der Waals surface area contributed by atoms with Crippen LogP contribution in [0.3, 0.4) is 0 Å². The van der Waals surface area contributed by atoms with Gasteiger partial charge in [-0.2, -0.15) is 5.10 Å². The third kappa shape index (κ3) is 4.07. The molecule has 2 atom stereocenters. The molecule has 1 saturated carbocycles. The molecular formula is C17H29ClN4O. The Balaban J connectivity index is 0.00000192. The molecule has 2 heterocycles. The van der Waals surface area contributed by atoms with E-state index in [1.807, 2.05) is 0 Å². The predicted molar refractivity (Wildman–Crippen MR) is 93.9 cm³/mol. The maximum Gasteiger partial charge on any atom is 0.272 e. The molecule has 1 aliphatic heterocycles. The quantitative estimate of drug-likeness (QED) is 0.789. The highest BCUT2D eigenvalue weighted by Crippen LogP contribution is 2.31. The number of aromatic nitrogens is 2. The summed E-state index contributed by atoms with van der Waals surface area (Å²) in [5.74, 6) is 1.24. The fraction of sp³-hybridized carbons (Fsp3) is 0.765. The molecule has 6 heteroatoms. The molecule has 1 aliphatic carbocycles. The molecule has 0 aromatic carbocycles. The number of rotatable bonds is 4. The molecule has 0 spiro atoms. The lowest BCUT2D eigenvalue weighted by atomic mass is 9.78. The summed E-state index contributed by atoms with van der Waals surface area (Å²) in [6.45, 7) is 6.10. The van der Waals surface area contributed by atoms with Gasteiger partial charge in [0.15, 0.2) is 5.69 Å². The number of carbonyl (C=O) groups excluding carboxylic acids is 1. The first-order chi connectivity index (χ1) is 10.7. The molecule has 130 valence electrons. The van der Waals surface area contributed by atoms with Crippen LogP contribution in [0.25, 0.3) is 0 Å². The number of fused-ring (bicyclic) bond motifs is 1. The van der Waals surface area contributed by atoms with Gasteiger partial charge in [0, 0.05) is 36.8 Å². The van der Waals surface area contributed by atoms with Crippen molar-refractivity contribution in [1.82, 2.24) is 20.8 Å². The fourth-order valence-electron chi connectivity index (χ4n) is 3.89. The number of H-pyrrole nitrogens is 1. The average molecular weight is 341 g/mol. The van der Waals surface area contributed by atoms with E-state index in [1.165, 1.54) is 32.1 Å². The number of carbonyl (C=O) groups is 1. The summed E-state index contributed by atoms with van der Waals surface area (Å²) < 4.78 is 0. The van der Waals surface area contributed by atoms with Crippen molar-refractivity contribution in [2.24, 2.45) is 11.8 Å². The fourth-order valence-corrected chi connectivity index (χ4v) is 3.89. The van der Waals surface area contributed by atoms with Crippen molar-refractivity contribution in [2.45, 2.75) is 65.0 Å². The van der Waals surface area contributed by atoms with E-state index in [-0.39, 0.29) is 24.4 Å². The minimum Gasteiger partial charge on any atom is -0.348 e. The lowest BCUT2D eigenvalue weighted by Crippen LogP contribution is -2.41. The molecule has 2 aliphatic rings. The van der Waals surface area contributed by atoms with E-state index in [9.17, 15) is 4.79 Å². The minimum absolute atomic E-state index is 0. The summed E-state index contributed by atoms with van der Waals surface area (Å²) >= 11 is 0. The lowest BCUT2D eigenvalue weighted by Gasteiger charge is -2.32. The number of aromatic amines is 1. The zero-order valence-corrected chi connectivity index (χ0v) is 15.0. The van der Waals surface area contributed by atoms with Crippen LogP contribution in [0.2, 0.25) is 0 Å². The van der Waals surface area contributed by atoms with Crippen LogP contribution in [-0.2, 0) is 13.0 Å². The third-order valence-corrected chi connectivity index (χ3v) is 5.56. The predicted octanol–water partition coefficient (Wildman–Crippen LogP) is 2.81. The Morgan fingerprint density at radius 2 is 2.00 bits per heavy atom. The van der Waals surface area contributed by atoms with Crippen molar-refractivity contribution in [3.63, 3.8) is 0 Å². The van der Waals surface area contributed by atoms with Crippen LogP contribution in [-0.4, -0.2) is 28.7 Å². The smallest absolute Gasteiger partial charge is 0.272 e. The molecule has 0 bridgehead atoms. The van der Waals surface area contributed by atoms with Gasteiger partial charge in [-0.05, 0) is 18.8 Å². The Morgan fingerprint density at radius 1 is 1.26 bits per heavy atom. The van der Waals surface area contributed by atoms with Gasteiger partial charge in [0.2, 0.25) is 0 Å². The van der Waals surface area contributed by atoms with Gasteiger partial charge in [-0.25, -0.2) is 0 Å². The zero-order chi connectivity index (χ0) is 15.5. The molecular weight excluding hydrogens is 312 g/mol. The van der Waals surface area contributed by atoms with Crippen molar-refractivity contribution >= 4 is 18.3 Å². The molecule has 0 saturated heterocycles. The number of halogens is 1. The summed E-state index contributed by atoms with van der Waals surface area (Å²) in [6, 6.07) is 0.194. The number of amides is 1. The molecule has 1 aromatic heterocycles.